The summed E-state index contributed by atoms with van der Waals surface area (Å²) in [5, 5.41) is 0. The molecule has 2 aromatic rings. The monoisotopic (exact) mass is 393 g/mol. The van der Waals surface area contributed by atoms with Crippen molar-refractivity contribution in [2.45, 2.75) is 19.3 Å². The van der Waals surface area contributed by atoms with Gasteiger partial charge in [-0.1, -0.05) is 11.3 Å². The SMILES string of the molecule is COc1ccc2c(c1)sc(=NC(=O)CSCC(=O)N1CCCCC1)n2C. The summed E-state index contributed by atoms with van der Waals surface area (Å²) in [6, 6.07) is 5.79. The number of aryl methyl sites for hydroxylation is 1. The average molecular weight is 394 g/mol. The number of nitrogens with zero attached hydrogens (tertiary/aromatic N) is 3. The number of rotatable bonds is 5. The lowest BCUT2D eigenvalue weighted by molar-refractivity contribution is -0.129. The van der Waals surface area contributed by atoms with E-state index in [9.17, 15) is 9.59 Å². The number of hydrogen-bond acceptors (Lipinski definition) is 5. The standard InChI is InChI=1S/C18H23N3O3S2/c1-20-14-7-6-13(24-2)10-15(14)26-18(20)19-16(22)11-25-12-17(23)21-8-4-3-5-9-21/h6-7,10H,3-5,8-9,11-12H2,1-2H3. The van der Waals surface area contributed by atoms with Gasteiger partial charge in [0.2, 0.25) is 5.91 Å². The third-order valence-electron chi connectivity index (χ3n) is 4.40. The minimum absolute atomic E-state index is 0.127. The third-order valence-corrected chi connectivity index (χ3v) is 6.39. The van der Waals surface area contributed by atoms with Crippen LogP contribution in [-0.4, -0.2) is 53.0 Å². The zero-order valence-corrected chi connectivity index (χ0v) is 16.7. The Morgan fingerprint density at radius 2 is 2.00 bits per heavy atom. The van der Waals surface area contributed by atoms with E-state index in [1.165, 1.54) is 29.5 Å². The highest BCUT2D eigenvalue weighted by atomic mass is 32.2. The van der Waals surface area contributed by atoms with Crippen LogP contribution >= 0.6 is 23.1 Å². The fraction of sp³-hybridized carbons (Fsp3) is 0.500. The van der Waals surface area contributed by atoms with Crippen molar-refractivity contribution in [3.05, 3.63) is 23.0 Å². The summed E-state index contributed by atoms with van der Waals surface area (Å²) in [5.41, 5.74) is 1.01. The van der Waals surface area contributed by atoms with Gasteiger partial charge in [0, 0.05) is 20.1 Å². The van der Waals surface area contributed by atoms with E-state index in [1.54, 1.807) is 7.11 Å². The number of carbonyl (C=O) groups is 2. The van der Waals surface area contributed by atoms with Gasteiger partial charge in [-0.2, -0.15) is 4.99 Å². The molecule has 2 heterocycles. The van der Waals surface area contributed by atoms with Crippen molar-refractivity contribution in [3.8, 4) is 5.75 Å². The second-order valence-corrected chi connectivity index (χ2v) is 8.21. The maximum atomic E-state index is 12.2. The Morgan fingerprint density at radius 3 is 2.73 bits per heavy atom. The zero-order chi connectivity index (χ0) is 18.5. The normalized spacial score (nSPS) is 15.5. The molecule has 0 atom stereocenters. The van der Waals surface area contributed by atoms with Gasteiger partial charge < -0.3 is 14.2 Å². The Labute approximate surface area is 160 Å². The Kier molecular flexibility index (Phi) is 6.37. The fourth-order valence-electron chi connectivity index (χ4n) is 2.95. The van der Waals surface area contributed by atoms with Gasteiger partial charge in [0.25, 0.3) is 5.91 Å². The van der Waals surface area contributed by atoms with Crippen LogP contribution in [0.15, 0.2) is 23.2 Å². The van der Waals surface area contributed by atoms with Crippen LogP contribution in [0.1, 0.15) is 19.3 Å². The molecule has 0 unspecified atom stereocenters. The summed E-state index contributed by atoms with van der Waals surface area (Å²) >= 11 is 2.80. The number of likely N-dealkylation sites (tertiary alicyclic amines) is 1. The van der Waals surface area contributed by atoms with Crippen LogP contribution in [0.5, 0.6) is 5.75 Å². The first-order valence-corrected chi connectivity index (χ1v) is 10.6. The molecule has 1 saturated heterocycles. The van der Waals surface area contributed by atoms with E-state index in [4.69, 9.17) is 4.74 Å². The molecule has 2 amide bonds. The van der Waals surface area contributed by atoms with Gasteiger partial charge in [0.15, 0.2) is 4.80 Å². The minimum atomic E-state index is -0.212. The zero-order valence-electron chi connectivity index (χ0n) is 15.1. The van der Waals surface area contributed by atoms with Crippen LogP contribution in [0.4, 0.5) is 0 Å². The first kappa shape index (κ1) is 19.0. The molecule has 0 spiro atoms. The number of thioether (sulfide) groups is 1. The fourth-order valence-corrected chi connectivity index (χ4v) is 4.71. The van der Waals surface area contributed by atoms with E-state index < -0.39 is 0 Å². The molecule has 0 bridgehead atoms. The van der Waals surface area contributed by atoms with Crippen molar-refractivity contribution in [2.24, 2.45) is 12.0 Å². The third kappa shape index (κ3) is 4.48. The smallest absolute Gasteiger partial charge is 0.258 e. The Balaban J connectivity index is 1.60. The lowest BCUT2D eigenvalue weighted by Crippen LogP contribution is -2.36. The molecule has 1 aromatic carbocycles. The van der Waals surface area contributed by atoms with Gasteiger partial charge in [0.05, 0.1) is 28.8 Å². The van der Waals surface area contributed by atoms with Gasteiger partial charge in [0.1, 0.15) is 5.75 Å². The second kappa shape index (κ2) is 8.73. The molecule has 0 saturated carbocycles. The Morgan fingerprint density at radius 1 is 1.23 bits per heavy atom. The molecule has 140 valence electrons. The van der Waals surface area contributed by atoms with Gasteiger partial charge in [-0.15, -0.1) is 11.8 Å². The van der Waals surface area contributed by atoms with Crippen molar-refractivity contribution in [2.75, 3.05) is 31.7 Å². The van der Waals surface area contributed by atoms with E-state index in [0.717, 1.165) is 41.9 Å². The van der Waals surface area contributed by atoms with Crippen LogP contribution in [-0.2, 0) is 16.6 Å². The first-order valence-electron chi connectivity index (χ1n) is 8.65. The van der Waals surface area contributed by atoms with Crippen molar-refractivity contribution >= 4 is 45.1 Å². The molecule has 1 aliphatic rings. The summed E-state index contributed by atoms with van der Waals surface area (Å²) in [4.78, 5) is 31.1. The first-order chi connectivity index (χ1) is 12.6. The molecule has 1 fully saturated rings. The van der Waals surface area contributed by atoms with Gasteiger partial charge in [-0.3, -0.25) is 9.59 Å². The van der Waals surface area contributed by atoms with Crippen molar-refractivity contribution in [1.82, 2.24) is 9.47 Å². The molecular formula is C18H23N3O3S2. The topological polar surface area (TPSA) is 63.9 Å². The highest BCUT2D eigenvalue weighted by molar-refractivity contribution is 8.00. The number of carbonyl (C=O) groups excluding carboxylic acids is 2. The van der Waals surface area contributed by atoms with E-state index in [2.05, 4.69) is 4.99 Å². The van der Waals surface area contributed by atoms with Crippen molar-refractivity contribution < 1.29 is 14.3 Å². The van der Waals surface area contributed by atoms with Crippen LogP contribution in [0.3, 0.4) is 0 Å². The number of ether oxygens (including phenoxy) is 1. The number of benzene rings is 1. The number of fused-ring (bicyclic) bond motifs is 1. The number of thiazole rings is 1. The van der Waals surface area contributed by atoms with Crippen molar-refractivity contribution in [1.29, 1.82) is 0 Å². The lowest BCUT2D eigenvalue weighted by atomic mass is 10.1. The maximum absolute atomic E-state index is 12.2. The Hall–Kier alpha value is -1.80. The predicted molar refractivity (Wildman–Crippen MR) is 106 cm³/mol. The summed E-state index contributed by atoms with van der Waals surface area (Å²) < 4.78 is 8.16. The number of piperidine rings is 1. The highest BCUT2D eigenvalue weighted by Crippen LogP contribution is 2.22. The van der Waals surface area contributed by atoms with Gasteiger partial charge >= 0.3 is 0 Å². The minimum Gasteiger partial charge on any atom is -0.497 e. The molecule has 1 aliphatic heterocycles. The molecule has 1 aromatic heterocycles. The molecule has 6 nitrogen and oxygen atoms in total. The highest BCUT2D eigenvalue weighted by Gasteiger charge is 2.16. The summed E-state index contributed by atoms with van der Waals surface area (Å²) in [5.74, 6) is 1.26. The quantitative estimate of drug-likeness (QED) is 0.783. The average Bonchev–Trinajstić information content (AvgIpc) is 2.97. The number of amides is 2. The van der Waals surface area contributed by atoms with Crippen LogP contribution < -0.4 is 9.54 Å². The van der Waals surface area contributed by atoms with Crippen LogP contribution in [0, 0.1) is 0 Å². The number of aromatic nitrogens is 1. The maximum Gasteiger partial charge on any atom is 0.258 e. The van der Waals surface area contributed by atoms with Crippen LogP contribution in [0.2, 0.25) is 0 Å². The largest absolute Gasteiger partial charge is 0.497 e. The molecule has 0 N–H and O–H groups in total. The molecule has 0 aliphatic carbocycles. The molecular weight excluding hydrogens is 370 g/mol. The van der Waals surface area contributed by atoms with E-state index >= 15 is 0 Å². The second-order valence-electron chi connectivity index (χ2n) is 6.22. The van der Waals surface area contributed by atoms with Gasteiger partial charge in [-0.25, -0.2) is 0 Å². The summed E-state index contributed by atoms with van der Waals surface area (Å²) in [6.45, 7) is 1.69. The molecule has 3 rings (SSSR count). The summed E-state index contributed by atoms with van der Waals surface area (Å²) in [7, 11) is 3.52. The molecule has 8 heteroatoms. The molecule has 26 heavy (non-hydrogen) atoms. The molecule has 0 radical (unpaired) electrons. The van der Waals surface area contributed by atoms with Crippen molar-refractivity contribution in [3.63, 3.8) is 0 Å². The van der Waals surface area contributed by atoms with E-state index in [0.29, 0.717) is 10.6 Å². The van der Waals surface area contributed by atoms with E-state index in [-0.39, 0.29) is 17.6 Å². The number of hydrogen-bond donors (Lipinski definition) is 0. The lowest BCUT2D eigenvalue weighted by Gasteiger charge is -2.26. The Bertz CT molecular complexity index is 866. The van der Waals surface area contributed by atoms with Gasteiger partial charge in [-0.05, 0) is 37.5 Å². The van der Waals surface area contributed by atoms with E-state index in [1.807, 2.05) is 34.7 Å². The number of methoxy groups -OCH3 is 1. The van der Waals surface area contributed by atoms with Crippen LogP contribution in [0.25, 0.3) is 10.2 Å². The summed E-state index contributed by atoms with van der Waals surface area (Å²) in [6.07, 6.45) is 3.36. The predicted octanol–water partition coefficient (Wildman–Crippen LogP) is 2.42.